The smallest absolute Gasteiger partial charge is 0.246 e. The number of nitriles is 1. The Labute approximate surface area is 213 Å². The number of para-hydroxylation sites is 1. The fraction of sp³-hybridized carbons (Fsp3) is 0.167. The molecule has 0 radical (unpaired) electrons. The minimum absolute atomic E-state index is 0.0412. The summed E-state index contributed by atoms with van der Waals surface area (Å²) in [5.41, 5.74) is 7.08. The molecule has 1 unspecified atom stereocenters. The number of rotatable bonds is 4. The average Bonchev–Trinajstić information content (AvgIpc) is 3.51. The lowest BCUT2D eigenvalue weighted by molar-refractivity contribution is -0.137. The number of carbonyl (C=O) groups excluding carboxylic acids is 2. The third-order valence-corrected chi connectivity index (χ3v) is 6.84. The molecule has 0 saturated carbocycles. The van der Waals surface area contributed by atoms with Crippen molar-refractivity contribution in [1.82, 2.24) is 14.5 Å². The van der Waals surface area contributed by atoms with Crippen molar-refractivity contribution in [2.45, 2.75) is 11.4 Å². The van der Waals surface area contributed by atoms with Crippen LogP contribution in [0.2, 0.25) is 0 Å². The standard InChI is InChI=1S/C21H18N4O4S.C3H4N2S/c22-11-15-12-24(19-4-2-1-3-18(15)19)13-20(26)23-9-10-25(21(27)14-23)16-5-7-17(8-6-16)30(28)29;4-3-5-1-2-6-3/h1-8,12H,9-10,13-14H2,(H,28,29);1-2H,(H2,4,5)/p-1. The van der Waals surface area contributed by atoms with E-state index in [-0.39, 0.29) is 29.8 Å². The van der Waals surface area contributed by atoms with E-state index in [2.05, 4.69) is 11.1 Å². The van der Waals surface area contributed by atoms with Crippen molar-refractivity contribution in [2.75, 3.05) is 30.3 Å². The number of nitrogens with two attached hydrogens (primary N) is 1. The molecular formula is C24H21N6O4S2-. The van der Waals surface area contributed by atoms with Crippen LogP contribution >= 0.6 is 11.3 Å². The zero-order valence-electron chi connectivity index (χ0n) is 18.9. The van der Waals surface area contributed by atoms with Gasteiger partial charge in [-0.3, -0.25) is 13.8 Å². The third-order valence-electron chi connectivity index (χ3n) is 5.58. The Morgan fingerprint density at radius 2 is 1.94 bits per heavy atom. The Kier molecular flexibility index (Phi) is 7.74. The molecule has 4 aromatic rings. The summed E-state index contributed by atoms with van der Waals surface area (Å²) < 4.78 is 23.7. The maximum Gasteiger partial charge on any atom is 0.246 e. The second-order valence-corrected chi connectivity index (χ2v) is 9.63. The van der Waals surface area contributed by atoms with Gasteiger partial charge in [0.25, 0.3) is 0 Å². The maximum atomic E-state index is 12.8. The predicted octanol–water partition coefficient (Wildman–Crippen LogP) is 2.35. The van der Waals surface area contributed by atoms with Crippen LogP contribution in [0, 0.1) is 11.3 Å². The number of nitrogens with zero attached hydrogens (tertiary/aromatic N) is 5. The van der Waals surface area contributed by atoms with Crippen molar-refractivity contribution in [3.8, 4) is 6.07 Å². The van der Waals surface area contributed by atoms with Crippen molar-refractivity contribution in [1.29, 1.82) is 5.26 Å². The lowest BCUT2D eigenvalue weighted by atomic mass is 10.2. The first kappa shape index (κ1) is 25.1. The number of aromatic nitrogens is 2. The SMILES string of the molecule is N#Cc1cn(CC(=O)N2CCN(c3ccc(S(=O)[O-])cc3)C(=O)C2)c2ccccc12.Nc1nccs1. The van der Waals surface area contributed by atoms with Crippen molar-refractivity contribution < 1.29 is 18.4 Å². The highest BCUT2D eigenvalue weighted by Gasteiger charge is 2.28. The number of piperazine rings is 1. The van der Waals surface area contributed by atoms with Gasteiger partial charge in [0.05, 0.1) is 5.56 Å². The first-order valence-corrected chi connectivity index (χ1v) is 12.7. The molecule has 0 bridgehead atoms. The van der Waals surface area contributed by atoms with E-state index in [1.165, 1.54) is 28.4 Å². The van der Waals surface area contributed by atoms with E-state index in [1.54, 1.807) is 34.0 Å². The van der Waals surface area contributed by atoms with Crippen LogP contribution in [0.1, 0.15) is 5.56 Å². The average molecular weight is 522 g/mol. The summed E-state index contributed by atoms with van der Waals surface area (Å²) in [6.07, 6.45) is 3.34. The molecule has 2 aromatic carbocycles. The van der Waals surface area contributed by atoms with Gasteiger partial charge in [-0.1, -0.05) is 18.2 Å². The van der Waals surface area contributed by atoms with Crippen molar-refractivity contribution in [3.63, 3.8) is 0 Å². The molecule has 0 spiro atoms. The van der Waals surface area contributed by atoms with E-state index in [4.69, 9.17) is 5.73 Å². The Balaban J connectivity index is 0.000000445. The van der Waals surface area contributed by atoms with Crippen LogP contribution in [0.4, 0.5) is 10.8 Å². The highest BCUT2D eigenvalue weighted by atomic mass is 32.2. The maximum absolute atomic E-state index is 12.8. The van der Waals surface area contributed by atoms with Gasteiger partial charge in [-0.2, -0.15) is 5.26 Å². The first-order valence-electron chi connectivity index (χ1n) is 10.8. The van der Waals surface area contributed by atoms with E-state index in [1.807, 2.05) is 29.6 Å². The van der Waals surface area contributed by atoms with Crippen molar-refractivity contribution >= 4 is 56.0 Å². The van der Waals surface area contributed by atoms with Crippen LogP contribution in [0.15, 0.2) is 71.2 Å². The lowest BCUT2D eigenvalue weighted by Gasteiger charge is -2.34. The summed E-state index contributed by atoms with van der Waals surface area (Å²) in [5, 5.41) is 12.6. The second-order valence-electron chi connectivity index (χ2n) is 7.76. The number of thiazole rings is 1. The van der Waals surface area contributed by atoms with Gasteiger partial charge >= 0.3 is 0 Å². The number of hydrogen-bond acceptors (Lipinski definition) is 8. The highest BCUT2D eigenvalue weighted by molar-refractivity contribution is 7.79. The topological polar surface area (TPSA) is 148 Å². The van der Waals surface area contributed by atoms with Gasteiger partial charge < -0.3 is 24.7 Å². The predicted molar refractivity (Wildman–Crippen MR) is 136 cm³/mol. The third kappa shape index (κ3) is 5.60. The summed E-state index contributed by atoms with van der Waals surface area (Å²) in [5.74, 6) is -0.439. The molecule has 3 heterocycles. The molecule has 2 aromatic heterocycles. The van der Waals surface area contributed by atoms with Crippen LogP contribution in [0.5, 0.6) is 0 Å². The molecule has 12 heteroatoms. The molecule has 10 nitrogen and oxygen atoms in total. The molecule has 5 rings (SSSR count). The molecular weight excluding hydrogens is 500 g/mol. The monoisotopic (exact) mass is 521 g/mol. The van der Waals surface area contributed by atoms with E-state index >= 15 is 0 Å². The minimum atomic E-state index is -2.32. The minimum Gasteiger partial charge on any atom is -0.768 e. The molecule has 184 valence electrons. The quantitative estimate of drug-likeness (QED) is 0.405. The first-order chi connectivity index (χ1) is 17.4. The number of amides is 2. The summed E-state index contributed by atoms with van der Waals surface area (Å²) in [6.45, 7) is 0.669. The number of fused-ring (bicyclic) bond motifs is 1. The lowest BCUT2D eigenvalue weighted by Crippen LogP contribution is -2.53. The fourth-order valence-electron chi connectivity index (χ4n) is 3.84. The van der Waals surface area contributed by atoms with Gasteiger partial charge in [0.1, 0.15) is 19.2 Å². The van der Waals surface area contributed by atoms with Crippen molar-refractivity contribution in [2.24, 2.45) is 0 Å². The van der Waals surface area contributed by atoms with Crippen LogP contribution in [0.3, 0.4) is 0 Å². The number of anilines is 2. The van der Waals surface area contributed by atoms with Gasteiger partial charge in [-0.25, -0.2) is 4.98 Å². The van der Waals surface area contributed by atoms with Gasteiger partial charge in [0.15, 0.2) is 5.13 Å². The molecule has 36 heavy (non-hydrogen) atoms. The molecule has 0 aliphatic carbocycles. The van der Waals surface area contributed by atoms with Crippen LogP contribution in [0.25, 0.3) is 10.9 Å². The van der Waals surface area contributed by atoms with Crippen LogP contribution < -0.4 is 10.6 Å². The molecule has 1 saturated heterocycles. The van der Waals surface area contributed by atoms with E-state index < -0.39 is 11.1 Å². The molecule has 1 aliphatic heterocycles. The second kappa shape index (κ2) is 11.1. The van der Waals surface area contributed by atoms with Gasteiger partial charge in [-0.15, -0.1) is 11.3 Å². The van der Waals surface area contributed by atoms with E-state index in [0.717, 1.165) is 10.9 Å². The zero-order valence-corrected chi connectivity index (χ0v) is 20.6. The summed E-state index contributed by atoms with van der Waals surface area (Å²) in [4.78, 5) is 32.3. The van der Waals surface area contributed by atoms with E-state index in [9.17, 15) is 23.6 Å². The Morgan fingerprint density at radius 1 is 1.19 bits per heavy atom. The number of hydrogen-bond donors (Lipinski definition) is 1. The Hall–Kier alpha value is -4.05. The Bertz CT molecular complexity index is 1440. The van der Waals surface area contributed by atoms with E-state index in [0.29, 0.717) is 29.5 Å². The highest BCUT2D eigenvalue weighted by Crippen LogP contribution is 2.22. The van der Waals surface area contributed by atoms with Crippen LogP contribution in [-0.4, -0.2) is 54.7 Å². The molecule has 1 aliphatic rings. The molecule has 1 fully saturated rings. The number of carbonyl (C=O) groups is 2. The van der Waals surface area contributed by atoms with Crippen LogP contribution in [-0.2, 0) is 27.2 Å². The number of nitrogen functional groups attached to an aromatic ring is 1. The largest absolute Gasteiger partial charge is 0.768 e. The number of benzene rings is 2. The fourth-order valence-corrected chi connectivity index (χ4v) is 4.58. The van der Waals surface area contributed by atoms with Crippen molar-refractivity contribution in [3.05, 3.63) is 71.9 Å². The summed E-state index contributed by atoms with van der Waals surface area (Å²) >= 11 is -0.876. The molecule has 1 atom stereocenters. The summed E-state index contributed by atoms with van der Waals surface area (Å²) in [6, 6.07) is 15.6. The zero-order chi connectivity index (χ0) is 25.7. The normalized spacial score (nSPS) is 14.2. The Morgan fingerprint density at radius 3 is 2.53 bits per heavy atom. The van der Waals surface area contributed by atoms with Gasteiger partial charge in [0, 0.05) is 52.3 Å². The molecule has 2 amide bonds. The molecule has 2 N–H and O–H groups in total. The van der Waals surface area contributed by atoms with Gasteiger partial charge in [-0.05, 0) is 41.4 Å². The van der Waals surface area contributed by atoms with Gasteiger partial charge in [0.2, 0.25) is 11.8 Å². The summed E-state index contributed by atoms with van der Waals surface area (Å²) in [7, 11) is 0.